The summed E-state index contributed by atoms with van der Waals surface area (Å²) in [6.07, 6.45) is 0. The molecule has 4 aromatic rings. The van der Waals surface area contributed by atoms with Crippen LogP contribution in [0.25, 0.3) is 11.5 Å². The van der Waals surface area contributed by atoms with Crippen LogP contribution in [0.1, 0.15) is 5.82 Å². The molecule has 1 N–H and O–H groups in total. The molecule has 31 heavy (non-hydrogen) atoms. The maximum absolute atomic E-state index is 13.3. The molecule has 0 radical (unpaired) electrons. The lowest BCUT2D eigenvalue weighted by Gasteiger charge is -2.08. The van der Waals surface area contributed by atoms with Gasteiger partial charge in [0.15, 0.2) is 12.4 Å². The Hall–Kier alpha value is -4.20. The Balaban J connectivity index is 1.23. The molecule has 1 aromatic heterocycles. The van der Waals surface area contributed by atoms with Gasteiger partial charge in [0.05, 0.1) is 6.54 Å². The molecule has 0 saturated carbocycles. The van der Waals surface area contributed by atoms with E-state index in [1.165, 1.54) is 12.1 Å². The highest BCUT2D eigenvalue weighted by Crippen LogP contribution is 2.23. The van der Waals surface area contributed by atoms with Crippen molar-refractivity contribution in [1.29, 1.82) is 0 Å². The van der Waals surface area contributed by atoms with E-state index < -0.39 is 5.82 Å². The summed E-state index contributed by atoms with van der Waals surface area (Å²) in [6.45, 7) is -0.113. The lowest BCUT2D eigenvalue weighted by Crippen LogP contribution is -2.28. The van der Waals surface area contributed by atoms with Gasteiger partial charge < -0.3 is 19.3 Å². The fourth-order valence-electron chi connectivity index (χ4n) is 2.67. The van der Waals surface area contributed by atoms with Gasteiger partial charge in [-0.1, -0.05) is 29.4 Å². The fraction of sp³-hybridized carbons (Fsp3) is 0.0870. The molecule has 7 nitrogen and oxygen atoms in total. The van der Waals surface area contributed by atoms with E-state index in [1.54, 1.807) is 36.4 Å². The Morgan fingerprint density at radius 2 is 1.68 bits per heavy atom. The maximum Gasteiger partial charge on any atom is 0.258 e. The summed E-state index contributed by atoms with van der Waals surface area (Å²) >= 11 is 0. The van der Waals surface area contributed by atoms with Gasteiger partial charge in [0.25, 0.3) is 11.8 Å². The summed E-state index contributed by atoms with van der Waals surface area (Å²) in [4.78, 5) is 16.2. The van der Waals surface area contributed by atoms with E-state index in [0.717, 1.165) is 5.75 Å². The molecule has 0 saturated heterocycles. The molecule has 0 spiro atoms. The quantitative estimate of drug-likeness (QED) is 0.457. The van der Waals surface area contributed by atoms with Crippen molar-refractivity contribution >= 4 is 5.91 Å². The van der Waals surface area contributed by atoms with E-state index >= 15 is 0 Å². The first-order valence-electron chi connectivity index (χ1n) is 9.47. The Morgan fingerprint density at radius 3 is 2.45 bits per heavy atom. The van der Waals surface area contributed by atoms with Crippen molar-refractivity contribution in [2.75, 3.05) is 6.61 Å². The highest BCUT2D eigenvalue weighted by molar-refractivity contribution is 5.77. The van der Waals surface area contributed by atoms with Crippen molar-refractivity contribution in [3.8, 4) is 28.7 Å². The fourth-order valence-corrected chi connectivity index (χ4v) is 2.67. The molecular formula is C23H18FN3O4. The highest BCUT2D eigenvalue weighted by atomic mass is 19.1. The lowest BCUT2D eigenvalue weighted by atomic mass is 10.2. The summed E-state index contributed by atoms with van der Waals surface area (Å²) in [7, 11) is 0. The van der Waals surface area contributed by atoms with Crippen LogP contribution in [-0.2, 0) is 11.3 Å². The standard InChI is InChI=1S/C23H18FN3O4/c24-17-6-4-5-16(13-17)23-26-21(27-31-23)14-25-22(28)15-29-18-9-11-20(12-10-18)30-19-7-2-1-3-8-19/h1-13H,14-15H2,(H,25,28). The molecular weight excluding hydrogens is 401 g/mol. The molecule has 0 atom stereocenters. The van der Waals surface area contributed by atoms with Gasteiger partial charge in [-0.3, -0.25) is 4.79 Å². The summed E-state index contributed by atoms with van der Waals surface area (Å²) in [5, 5.41) is 6.42. The van der Waals surface area contributed by atoms with Crippen molar-refractivity contribution in [1.82, 2.24) is 15.5 Å². The van der Waals surface area contributed by atoms with Gasteiger partial charge in [-0.15, -0.1) is 0 Å². The molecule has 4 rings (SSSR count). The second-order valence-corrected chi connectivity index (χ2v) is 6.48. The summed E-state index contributed by atoms with van der Waals surface area (Å²) in [5.41, 5.74) is 0.466. The average Bonchev–Trinajstić information content (AvgIpc) is 3.27. The number of aromatic nitrogens is 2. The number of halogens is 1. The summed E-state index contributed by atoms with van der Waals surface area (Å²) in [6, 6.07) is 22.2. The predicted octanol–water partition coefficient (Wildman–Crippen LogP) is 4.36. The molecule has 3 aromatic carbocycles. The third-order valence-electron chi connectivity index (χ3n) is 4.16. The van der Waals surface area contributed by atoms with Crippen LogP contribution in [0.5, 0.6) is 17.2 Å². The van der Waals surface area contributed by atoms with Crippen molar-refractivity contribution < 1.29 is 23.2 Å². The van der Waals surface area contributed by atoms with Crippen molar-refractivity contribution in [2.24, 2.45) is 0 Å². The molecule has 1 heterocycles. The van der Waals surface area contributed by atoms with E-state index in [9.17, 15) is 9.18 Å². The Kier molecular flexibility index (Phi) is 6.18. The number of nitrogens with one attached hydrogen (secondary N) is 1. The van der Waals surface area contributed by atoms with Crippen LogP contribution in [0.3, 0.4) is 0 Å². The first-order valence-corrected chi connectivity index (χ1v) is 9.47. The van der Waals surface area contributed by atoms with E-state index in [0.29, 0.717) is 17.1 Å². The normalized spacial score (nSPS) is 10.5. The van der Waals surface area contributed by atoms with Gasteiger partial charge in [0.1, 0.15) is 23.1 Å². The number of amides is 1. The zero-order valence-electron chi connectivity index (χ0n) is 16.3. The number of nitrogens with zero attached hydrogens (tertiary/aromatic N) is 2. The first kappa shape index (κ1) is 20.1. The summed E-state index contributed by atoms with van der Waals surface area (Å²) < 4.78 is 29.6. The number of benzene rings is 3. The van der Waals surface area contributed by atoms with Crippen LogP contribution in [0.15, 0.2) is 83.4 Å². The van der Waals surface area contributed by atoms with Crippen LogP contribution in [0.4, 0.5) is 4.39 Å². The SMILES string of the molecule is O=C(COc1ccc(Oc2ccccc2)cc1)NCc1noc(-c2cccc(F)c2)n1. The van der Waals surface area contributed by atoms with Gasteiger partial charge in [-0.25, -0.2) is 4.39 Å². The highest BCUT2D eigenvalue weighted by Gasteiger charge is 2.11. The van der Waals surface area contributed by atoms with Gasteiger partial charge in [-0.2, -0.15) is 4.98 Å². The van der Waals surface area contributed by atoms with E-state index in [2.05, 4.69) is 15.5 Å². The zero-order valence-corrected chi connectivity index (χ0v) is 16.3. The van der Waals surface area contributed by atoms with Gasteiger partial charge in [-0.05, 0) is 54.6 Å². The second kappa shape index (κ2) is 9.53. The van der Waals surface area contributed by atoms with E-state index in [1.807, 2.05) is 30.3 Å². The van der Waals surface area contributed by atoms with Crippen LogP contribution >= 0.6 is 0 Å². The number of para-hydroxylation sites is 1. The molecule has 0 aliphatic heterocycles. The molecule has 8 heteroatoms. The van der Waals surface area contributed by atoms with Crippen molar-refractivity contribution in [3.63, 3.8) is 0 Å². The molecule has 0 unspecified atom stereocenters. The van der Waals surface area contributed by atoms with Crippen LogP contribution < -0.4 is 14.8 Å². The number of carbonyl (C=O) groups is 1. The molecule has 156 valence electrons. The third kappa shape index (κ3) is 5.66. The smallest absolute Gasteiger partial charge is 0.258 e. The largest absolute Gasteiger partial charge is 0.484 e. The topological polar surface area (TPSA) is 86.5 Å². The second-order valence-electron chi connectivity index (χ2n) is 6.48. The third-order valence-corrected chi connectivity index (χ3v) is 4.16. The Morgan fingerprint density at radius 1 is 0.935 bits per heavy atom. The lowest BCUT2D eigenvalue weighted by molar-refractivity contribution is -0.123. The molecule has 0 fully saturated rings. The minimum atomic E-state index is -0.401. The molecule has 0 bridgehead atoms. The number of hydrogen-bond acceptors (Lipinski definition) is 6. The minimum Gasteiger partial charge on any atom is -0.484 e. The first-order chi connectivity index (χ1) is 15.2. The van der Waals surface area contributed by atoms with E-state index in [-0.39, 0.29) is 30.8 Å². The number of hydrogen-bond donors (Lipinski definition) is 1. The Labute approximate surface area is 177 Å². The predicted molar refractivity (Wildman–Crippen MR) is 110 cm³/mol. The van der Waals surface area contributed by atoms with Crippen molar-refractivity contribution in [2.45, 2.75) is 6.54 Å². The number of carbonyl (C=O) groups excluding carboxylic acids is 1. The molecule has 1 amide bonds. The van der Waals surface area contributed by atoms with Crippen LogP contribution in [0, 0.1) is 5.82 Å². The van der Waals surface area contributed by atoms with E-state index in [4.69, 9.17) is 14.0 Å². The van der Waals surface area contributed by atoms with Crippen LogP contribution in [-0.4, -0.2) is 22.7 Å². The minimum absolute atomic E-state index is 0.0604. The number of rotatable bonds is 8. The molecule has 0 aliphatic rings. The summed E-state index contributed by atoms with van der Waals surface area (Å²) in [5.74, 6) is 1.63. The average molecular weight is 419 g/mol. The zero-order chi connectivity index (χ0) is 21.5. The maximum atomic E-state index is 13.3. The number of ether oxygens (including phenoxy) is 2. The van der Waals surface area contributed by atoms with Crippen molar-refractivity contribution in [3.05, 3.63) is 90.5 Å². The monoisotopic (exact) mass is 419 g/mol. The Bertz CT molecular complexity index is 1150. The molecule has 0 aliphatic carbocycles. The van der Waals surface area contributed by atoms with Gasteiger partial charge in [0, 0.05) is 5.56 Å². The van der Waals surface area contributed by atoms with Gasteiger partial charge >= 0.3 is 0 Å². The van der Waals surface area contributed by atoms with Crippen LogP contribution in [0.2, 0.25) is 0 Å². The van der Waals surface area contributed by atoms with Gasteiger partial charge in [0.2, 0.25) is 0 Å².